The Kier molecular flexibility index (Phi) is 6.78. The number of likely N-dealkylation sites (N-methyl/N-ethyl adjacent to an activating group) is 1. The molecule has 1 aromatic heterocycles. The Labute approximate surface area is 177 Å². The number of hydrogen-bond acceptors (Lipinski definition) is 3. The van der Waals surface area contributed by atoms with Crippen LogP contribution in [0.25, 0.3) is 17.0 Å². The van der Waals surface area contributed by atoms with Crippen molar-refractivity contribution in [2.45, 2.75) is 19.0 Å². The lowest BCUT2D eigenvalue weighted by atomic mass is 10.1. The Bertz CT molecular complexity index is 1190. The molecule has 0 saturated carbocycles. The zero-order valence-electron chi connectivity index (χ0n) is 16.7. The van der Waals surface area contributed by atoms with E-state index in [4.69, 9.17) is 5.26 Å². The van der Waals surface area contributed by atoms with Crippen molar-refractivity contribution < 1.29 is 18.4 Å². The number of benzene rings is 2. The van der Waals surface area contributed by atoms with E-state index >= 15 is 0 Å². The molecule has 0 aliphatic carbocycles. The summed E-state index contributed by atoms with van der Waals surface area (Å²) in [6.45, 7) is 0.520. The summed E-state index contributed by atoms with van der Waals surface area (Å²) in [5.74, 6) is -3.30. The first-order chi connectivity index (χ1) is 14.9. The third kappa shape index (κ3) is 4.95. The van der Waals surface area contributed by atoms with Gasteiger partial charge in [-0.05, 0) is 29.8 Å². The molecule has 31 heavy (non-hydrogen) atoms. The molecule has 0 saturated heterocycles. The first-order valence-corrected chi connectivity index (χ1v) is 9.54. The molecule has 6 nitrogen and oxygen atoms in total. The van der Waals surface area contributed by atoms with Gasteiger partial charge in [0.05, 0.1) is 12.5 Å². The van der Waals surface area contributed by atoms with Gasteiger partial charge >= 0.3 is 0 Å². The fraction of sp³-hybridized carbons (Fsp3) is 0.174. The van der Waals surface area contributed by atoms with Gasteiger partial charge in [0.1, 0.15) is 6.04 Å². The lowest BCUT2D eigenvalue weighted by molar-refractivity contribution is -0.126. The maximum atomic E-state index is 13.6. The SMILES string of the molecule is CNC(=O)C(NC(=O)C=Cc1cn(CCC#N)c2ccccc12)c1ccc(F)c(F)c1. The second-order valence-electron chi connectivity index (χ2n) is 6.77. The highest BCUT2D eigenvalue weighted by atomic mass is 19.2. The van der Waals surface area contributed by atoms with Crippen LogP contribution >= 0.6 is 0 Å². The minimum absolute atomic E-state index is 0.119. The summed E-state index contributed by atoms with van der Waals surface area (Å²) in [4.78, 5) is 24.7. The molecule has 0 aliphatic heterocycles. The van der Waals surface area contributed by atoms with Crippen LogP contribution in [0.3, 0.4) is 0 Å². The van der Waals surface area contributed by atoms with Crippen molar-refractivity contribution in [1.82, 2.24) is 15.2 Å². The summed E-state index contributed by atoms with van der Waals surface area (Å²) in [5.41, 5.74) is 1.82. The number of fused-ring (bicyclic) bond motifs is 1. The number of carbonyl (C=O) groups is 2. The van der Waals surface area contributed by atoms with Crippen LogP contribution in [0, 0.1) is 23.0 Å². The van der Waals surface area contributed by atoms with Gasteiger partial charge < -0.3 is 15.2 Å². The molecule has 3 rings (SSSR count). The van der Waals surface area contributed by atoms with Crippen LogP contribution < -0.4 is 10.6 Å². The number of rotatable bonds is 7. The van der Waals surface area contributed by atoms with E-state index < -0.39 is 29.5 Å². The summed E-state index contributed by atoms with van der Waals surface area (Å²) in [6.07, 6.45) is 5.07. The van der Waals surface area contributed by atoms with Crippen LogP contribution in [0.5, 0.6) is 0 Å². The molecule has 158 valence electrons. The molecule has 8 heteroatoms. The normalized spacial score (nSPS) is 11.9. The van der Waals surface area contributed by atoms with E-state index in [1.165, 1.54) is 19.2 Å². The Morgan fingerprint density at radius 3 is 2.68 bits per heavy atom. The van der Waals surface area contributed by atoms with Gasteiger partial charge in [-0.15, -0.1) is 0 Å². The first kappa shape index (κ1) is 21.7. The number of hydrogen-bond donors (Lipinski definition) is 2. The average Bonchev–Trinajstić information content (AvgIpc) is 3.13. The largest absolute Gasteiger partial charge is 0.357 e. The number of aryl methyl sites for hydroxylation is 1. The maximum Gasteiger partial charge on any atom is 0.246 e. The first-order valence-electron chi connectivity index (χ1n) is 9.54. The van der Waals surface area contributed by atoms with Crippen LogP contribution in [0.15, 0.2) is 54.7 Å². The van der Waals surface area contributed by atoms with Gasteiger partial charge in [0.25, 0.3) is 0 Å². The van der Waals surface area contributed by atoms with Crippen LogP contribution in [-0.2, 0) is 16.1 Å². The molecule has 0 aliphatic rings. The highest BCUT2D eigenvalue weighted by molar-refractivity contribution is 5.98. The Hall–Kier alpha value is -3.99. The van der Waals surface area contributed by atoms with Gasteiger partial charge in [-0.1, -0.05) is 24.3 Å². The summed E-state index contributed by atoms with van der Waals surface area (Å²) < 4.78 is 28.8. The standard InChI is InChI=1S/C23H20F2N4O2/c1-27-23(31)22(15-7-9-18(24)19(25)13-15)28-21(30)10-8-16-14-29(12-4-11-26)20-6-3-2-5-17(16)20/h2-3,5-10,13-14,22H,4,12H2,1H3,(H,27,31)(H,28,30). The van der Waals surface area contributed by atoms with Crippen molar-refractivity contribution in [2.24, 2.45) is 0 Å². The second-order valence-corrected chi connectivity index (χ2v) is 6.77. The van der Waals surface area contributed by atoms with E-state index in [0.29, 0.717) is 13.0 Å². The highest BCUT2D eigenvalue weighted by Gasteiger charge is 2.22. The van der Waals surface area contributed by atoms with Crippen molar-refractivity contribution in [3.05, 3.63) is 77.5 Å². The minimum Gasteiger partial charge on any atom is -0.357 e. The number of nitrogens with one attached hydrogen (secondary N) is 2. The van der Waals surface area contributed by atoms with E-state index in [1.54, 1.807) is 6.08 Å². The zero-order chi connectivity index (χ0) is 22.4. The Balaban J connectivity index is 1.83. The summed E-state index contributed by atoms with van der Waals surface area (Å²) in [5, 5.41) is 14.7. The number of aromatic nitrogens is 1. The Morgan fingerprint density at radius 2 is 1.97 bits per heavy atom. The van der Waals surface area contributed by atoms with Gasteiger partial charge in [-0.25, -0.2) is 8.78 Å². The van der Waals surface area contributed by atoms with E-state index in [2.05, 4.69) is 16.7 Å². The van der Waals surface area contributed by atoms with Gasteiger partial charge in [0.2, 0.25) is 11.8 Å². The number of amides is 2. The number of para-hydroxylation sites is 1. The van der Waals surface area contributed by atoms with Crippen molar-refractivity contribution in [2.75, 3.05) is 7.05 Å². The summed E-state index contributed by atoms with van der Waals surface area (Å²) in [7, 11) is 1.38. The number of nitriles is 1. The summed E-state index contributed by atoms with van der Waals surface area (Å²) in [6, 6.07) is 11.5. The lowest BCUT2D eigenvalue weighted by Gasteiger charge is -2.17. The smallest absolute Gasteiger partial charge is 0.246 e. The molecule has 1 unspecified atom stereocenters. The third-order valence-corrected chi connectivity index (χ3v) is 4.77. The van der Waals surface area contributed by atoms with Crippen LogP contribution in [-0.4, -0.2) is 23.4 Å². The van der Waals surface area contributed by atoms with Gasteiger partial charge in [-0.2, -0.15) is 5.26 Å². The fourth-order valence-electron chi connectivity index (χ4n) is 3.26. The molecule has 2 N–H and O–H groups in total. The molecular weight excluding hydrogens is 402 g/mol. The van der Waals surface area contributed by atoms with E-state index in [9.17, 15) is 18.4 Å². The number of carbonyl (C=O) groups excluding carboxylic acids is 2. The molecule has 0 fully saturated rings. The fourth-order valence-corrected chi connectivity index (χ4v) is 3.26. The third-order valence-electron chi connectivity index (χ3n) is 4.77. The van der Waals surface area contributed by atoms with E-state index in [1.807, 2.05) is 35.0 Å². The second kappa shape index (κ2) is 9.67. The minimum atomic E-state index is -1.19. The molecule has 1 atom stereocenters. The highest BCUT2D eigenvalue weighted by Crippen LogP contribution is 2.23. The monoisotopic (exact) mass is 422 g/mol. The Morgan fingerprint density at radius 1 is 1.19 bits per heavy atom. The molecular formula is C23H20F2N4O2. The van der Waals surface area contributed by atoms with E-state index in [-0.39, 0.29) is 5.56 Å². The molecule has 2 amide bonds. The van der Waals surface area contributed by atoms with Crippen molar-refractivity contribution in [3.63, 3.8) is 0 Å². The quantitative estimate of drug-likeness (QED) is 0.572. The van der Waals surface area contributed by atoms with Gasteiger partial charge in [0.15, 0.2) is 11.6 Å². The molecule has 1 heterocycles. The van der Waals surface area contributed by atoms with Crippen LogP contribution in [0.4, 0.5) is 8.78 Å². The predicted octanol–water partition coefficient (Wildman–Crippen LogP) is 3.45. The van der Waals surface area contributed by atoms with E-state index in [0.717, 1.165) is 28.6 Å². The summed E-state index contributed by atoms with van der Waals surface area (Å²) >= 11 is 0. The topological polar surface area (TPSA) is 86.9 Å². The van der Waals surface area contributed by atoms with Crippen LogP contribution in [0.2, 0.25) is 0 Å². The molecule has 0 radical (unpaired) electrons. The zero-order valence-corrected chi connectivity index (χ0v) is 16.7. The van der Waals surface area contributed by atoms with Crippen LogP contribution in [0.1, 0.15) is 23.6 Å². The molecule has 3 aromatic rings. The molecule has 2 aromatic carbocycles. The molecule has 0 spiro atoms. The average molecular weight is 422 g/mol. The molecule has 0 bridgehead atoms. The number of nitrogens with zero attached hydrogens (tertiary/aromatic N) is 2. The van der Waals surface area contributed by atoms with Gasteiger partial charge in [0, 0.05) is 42.3 Å². The van der Waals surface area contributed by atoms with Crippen molar-refractivity contribution in [1.29, 1.82) is 5.26 Å². The van der Waals surface area contributed by atoms with Crippen molar-refractivity contribution >= 4 is 28.8 Å². The maximum absolute atomic E-state index is 13.6. The lowest BCUT2D eigenvalue weighted by Crippen LogP contribution is -2.38. The van der Waals surface area contributed by atoms with Gasteiger partial charge in [-0.3, -0.25) is 9.59 Å². The van der Waals surface area contributed by atoms with Crippen molar-refractivity contribution in [3.8, 4) is 6.07 Å². The predicted molar refractivity (Wildman–Crippen MR) is 113 cm³/mol. The number of halogens is 2.